The first-order chi connectivity index (χ1) is 19.9. The fourth-order valence-corrected chi connectivity index (χ4v) is 6.00. The first-order valence-corrected chi connectivity index (χ1v) is 14.1. The van der Waals surface area contributed by atoms with E-state index in [1.807, 2.05) is 0 Å². The fraction of sp³-hybridized carbons (Fsp3) is 0.958. The van der Waals surface area contributed by atoms with Crippen LogP contribution in [0, 0.1) is 0 Å². The number of ether oxygens (including phenoxy) is 5. The van der Waals surface area contributed by atoms with Gasteiger partial charge in [0.2, 0.25) is 5.91 Å². The molecule has 0 radical (unpaired) electrons. The van der Waals surface area contributed by atoms with Gasteiger partial charge < -0.3 is 87.5 Å². The monoisotopic (exact) mass is 610 g/mol. The molecule has 3 saturated heterocycles. The second-order valence-corrected chi connectivity index (χ2v) is 11.3. The Morgan fingerprint density at radius 1 is 0.786 bits per heavy atom. The molecule has 42 heavy (non-hydrogen) atoms. The highest BCUT2D eigenvalue weighted by Crippen LogP contribution is 2.35. The third kappa shape index (κ3) is 6.89. The molecule has 17 atom stereocenters. The number of nitrogens with one attached hydrogen (secondary N) is 3. The Labute approximate surface area is 242 Å². The number of nitrogens with two attached hydrogens (primary N) is 3. The van der Waals surface area contributed by atoms with Crippen molar-refractivity contribution in [3.63, 3.8) is 0 Å². The maximum Gasteiger partial charge on any atom is 0.234 e. The van der Waals surface area contributed by atoms with Gasteiger partial charge in [-0.25, -0.2) is 0 Å². The zero-order valence-corrected chi connectivity index (χ0v) is 23.5. The van der Waals surface area contributed by atoms with Gasteiger partial charge in [0.15, 0.2) is 18.9 Å². The molecule has 15 N–H and O–H groups in total. The maximum absolute atomic E-state index is 12.0. The van der Waals surface area contributed by atoms with Crippen LogP contribution in [0.2, 0.25) is 0 Å². The molecule has 0 aromatic heterocycles. The minimum Gasteiger partial charge on any atom is -0.394 e. The van der Waals surface area contributed by atoms with E-state index in [4.69, 9.17) is 40.9 Å². The molecule has 3 heterocycles. The highest BCUT2D eigenvalue weighted by molar-refractivity contribution is 5.78. The molecule has 1 aliphatic carbocycles. The molecule has 10 unspecified atom stereocenters. The molecule has 0 aromatic carbocycles. The Hall–Kier alpha value is -1.17. The van der Waals surface area contributed by atoms with Crippen LogP contribution >= 0.6 is 0 Å². The molecule has 1 saturated carbocycles. The molecule has 0 aromatic rings. The molecule has 0 spiro atoms. The largest absolute Gasteiger partial charge is 0.394 e. The van der Waals surface area contributed by atoms with Crippen molar-refractivity contribution < 1.29 is 59.1 Å². The van der Waals surface area contributed by atoms with Crippen LogP contribution < -0.4 is 33.2 Å². The second kappa shape index (κ2) is 14.3. The van der Waals surface area contributed by atoms with Crippen molar-refractivity contribution in [2.24, 2.45) is 17.2 Å². The molecule has 244 valence electrons. The molecule has 4 aliphatic rings. The quantitative estimate of drug-likeness (QED) is 0.115. The minimum atomic E-state index is -1.65. The summed E-state index contributed by atoms with van der Waals surface area (Å²) in [5.74, 6) is -0.481. The van der Waals surface area contributed by atoms with Gasteiger partial charge in [0.05, 0.1) is 43.5 Å². The summed E-state index contributed by atoms with van der Waals surface area (Å²) in [7, 11) is 3.10. The predicted octanol–water partition coefficient (Wildman–Crippen LogP) is -7.57. The minimum absolute atomic E-state index is 0.0577. The number of likely N-dealkylation sites (N-methyl/N-ethyl adjacent to an activating group) is 2. The van der Waals surface area contributed by atoms with Gasteiger partial charge in [0, 0.05) is 12.1 Å². The Morgan fingerprint density at radius 2 is 1.50 bits per heavy atom. The van der Waals surface area contributed by atoms with Gasteiger partial charge in [-0.05, 0) is 26.9 Å². The van der Waals surface area contributed by atoms with Crippen LogP contribution in [-0.2, 0) is 28.5 Å². The molecule has 3 aliphatic heterocycles. The summed E-state index contributed by atoms with van der Waals surface area (Å²) in [4.78, 5) is 12.0. The Bertz CT molecular complexity index is 893. The maximum atomic E-state index is 12.0. The topological polar surface area (TPSA) is 299 Å². The first kappa shape index (κ1) is 33.7. The lowest BCUT2D eigenvalue weighted by Gasteiger charge is -2.51. The van der Waals surface area contributed by atoms with Gasteiger partial charge in [-0.2, -0.15) is 0 Å². The van der Waals surface area contributed by atoms with E-state index in [0.717, 1.165) is 0 Å². The van der Waals surface area contributed by atoms with Crippen LogP contribution in [0.3, 0.4) is 0 Å². The number of rotatable bonds is 9. The lowest BCUT2D eigenvalue weighted by molar-refractivity contribution is -0.373. The molecule has 4 fully saturated rings. The molecular formula is C24H46N6O12. The summed E-state index contributed by atoms with van der Waals surface area (Å²) in [6, 6.07) is -4.26. The summed E-state index contributed by atoms with van der Waals surface area (Å²) < 4.78 is 29.5. The molecule has 18 nitrogen and oxygen atoms in total. The van der Waals surface area contributed by atoms with Crippen LogP contribution in [-0.4, -0.2) is 168 Å². The zero-order chi connectivity index (χ0) is 30.9. The summed E-state index contributed by atoms with van der Waals surface area (Å²) >= 11 is 0. The van der Waals surface area contributed by atoms with Gasteiger partial charge in [-0.3, -0.25) is 4.79 Å². The average Bonchev–Trinajstić information content (AvgIpc) is 2.94. The fourth-order valence-electron chi connectivity index (χ4n) is 6.00. The molecule has 18 heteroatoms. The number of hydrogen-bond donors (Lipinski definition) is 12. The summed E-state index contributed by atoms with van der Waals surface area (Å²) in [5, 5.41) is 71.3. The van der Waals surface area contributed by atoms with Crippen molar-refractivity contribution in [1.29, 1.82) is 0 Å². The molecule has 0 bridgehead atoms. The SMILES string of the molecule is CNCC(=O)N[C@@H]1C(CO)O[C@H](OC2O[C@H]3CC(N)[C@@H](O[C@@H]4C(N)C[C@@H](N)C(O)[C@H]4O)OC3C(O)C2NC)C(O)C1O. The van der Waals surface area contributed by atoms with Gasteiger partial charge in [0.1, 0.15) is 42.7 Å². The molecule has 1 amide bonds. The van der Waals surface area contributed by atoms with Crippen LogP contribution in [0.25, 0.3) is 0 Å². The van der Waals surface area contributed by atoms with Crippen molar-refractivity contribution >= 4 is 5.91 Å². The van der Waals surface area contributed by atoms with Gasteiger partial charge in [0.25, 0.3) is 0 Å². The number of fused-ring (bicyclic) bond motifs is 1. The lowest BCUT2D eigenvalue weighted by Crippen LogP contribution is -2.70. The van der Waals surface area contributed by atoms with Crippen LogP contribution in [0.4, 0.5) is 0 Å². The number of carbonyl (C=O) groups excluding carboxylic acids is 1. The van der Waals surface area contributed by atoms with Crippen molar-refractivity contribution in [1.82, 2.24) is 16.0 Å². The second-order valence-electron chi connectivity index (χ2n) is 11.3. The predicted molar refractivity (Wildman–Crippen MR) is 141 cm³/mol. The summed E-state index contributed by atoms with van der Waals surface area (Å²) in [5.41, 5.74) is 18.3. The van der Waals surface area contributed by atoms with E-state index in [2.05, 4.69) is 16.0 Å². The van der Waals surface area contributed by atoms with Crippen LogP contribution in [0.15, 0.2) is 0 Å². The number of carbonyl (C=O) groups is 1. The van der Waals surface area contributed by atoms with E-state index in [0.29, 0.717) is 0 Å². The highest BCUT2D eigenvalue weighted by Gasteiger charge is 2.54. The number of aliphatic hydroxyl groups is 6. The van der Waals surface area contributed by atoms with Crippen LogP contribution in [0.5, 0.6) is 0 Å². The van der Waals surface area contributed by atoms with Crippen molar-refractivity contribution in [3.8, 4) is 0 Å². The highest BCUT2D eigenvalue weighted by atomic mass is 16.8. The smallest absolute Gasteiger partial charge is 0.234 e. The van der Waals surface area contributed by atoms with E-state index < -0.39 is 117 Å². The van der Waals surface area contributed by atoms with Gasteiger partial charge in [-0.1, -0.05) is 0 Å². The Morgan fingerprint density at radius 3 is 2.14 bits per heavy atom. The molecule has 4 rings (SSSR count). The Kier molecular flexibility index (Phi) is 11.5. The third-order valence-electron chi connectivity index (χ3n) is 8.35. The van der Waals surface area contributed by atoms with E-state index >= 15 is 0 Å². The standard InChI is InChI=1S/C24H46N6O12/c1-28-5-12(32)30-13-11(6-31)39-24(19(37)16(13)34)42-23-14(29-2)17(35)21-10(38-23)4-9(27)22(41-21)40-20-8(26)3-7(25)15(33)18(20)36/h7-11,13-24,28-29,31,33-37H,3-6,25-27H2,1-2H3,(H,30,32)/t7-,8?,9?,10+,11?,13-,14?,15?,16?,17?,18-,19?,20-,21?,22+,23?,24-/m1/s1. The Balaban J connectivity index is 1.42. The summed E-state index contributed by atoms with van der Waals surface area (Å²) in [6.07, 6.45) is -14.5. The van der Waals surface area contributed by atoms with Crippen LogP contribution in [0.1, 0.15) is 12.8 Å². The third-order valence-corrected chi connectivity index (χ3v) is 8.35. The van der Waals surface area contributed by atoms with Crippen molar-refractivity contribution in [3.05, 3.63) is 0 Å². The first-order valence-electron chi connectivity index (χ1n) is 14.1. The van der Waals surface area contributed by atoms with E-state index in [1.54, 1.807) is 7.05 Å². The van der Waals surface area contributed by atoms with Crippen molar-refractivity contribution in [2.75, 3.05) is 27.2 Å². The van der Waals surface area contributed by atoms with E-state index in [1.165, 1.54) is 7.05 Å². The zero-order valence-electron chi connectivity index (χ0n) is 23.5. The number of amides is 1. The van der Waals surface area contributed by atoms with Gasteiger partial charge >= 0.3 is 0 Å². The summed E-state index contributed by atoms with van der Waals surface area (Å²) in [6.45, 7) is -0.660. The van der Waals surface area contributed by atoms with E-state index in [-0.39, 0.29) is 19.4 Å². The van der Waals surface area contributed by atoms with E-state index in [9.17, 15) is 35.4 Å². The number of hydrogen-bond acceptors (Lipinski definition) is 17. The number of aliphatic hydroxyl groups excluding tert-OH is 6. The van der Waals surface area contributed by atoms with Crippen molar-refractivity contribution in [2.45, 2.75) is 117 Å². The normalized spacial score (nSPS) is 49.7. The van der Waals surface area contributed by atoms with Gasteiger partial charge in [-0.15, -0.1) is 0 Å². The average molecular weight is 611 g/mol. The lowest BCUT2D eigenvalue weighted by atomic mass is 9.84. The molecular weight excluding hydrogens is 564 g/mol.